The van der Waals surface area contributed by atoms with Crippen LogP contribution in [0.3, 0.4) is 0 Å². The Kier molecular flexibility index (Phi) is 5.43. The van der Waals surface area contributed by atoms with Gasteiger partial charge in [-0.25, -0.2) is 0 Å². The molecule has 4 rings (SSSR count). The van der Waals surface area contributed by atoms with Gasteiger partial charge in [-0.3, -0.25) is 15.1 Å². The van der Waals surface area contributed by atoms with Gasteiger partial charge < -0.3 is 4.74 Å². The summed E-state index contributed by atoms with van der Waals surface area (Å²) in [5.41, 5.74) is 3.36. The zero-order chi connectivity index (χ0) is 20.5. The summed E-state index contributed by atoms with van der Waals surface area (Å²) in [5.74, 6) is 0.459. The van der Waals surface area contributed by atoms with Crippen LogP contribution in [0, 0.1) is 12.3 Å². The zero-order valence-corrected chi connectivity index (χ0v) is 18.3. The van der Waals surface area contributed by atoms with Gasteiger partial charge in [-0.15, -0.1) is 0 Å². The Hall–Kier alpha value is -2.64. The number of benzene rings is 2. The number of ether oxygens (including phenoxy) is 1. The van der Waals surface area contributed by atoms with Crippen LogP contribution >= 0.6 is 27.7 Å². The molecule has 0 radical (unpaired) electrons. The first-order chi connectivity index (χ1) is 13.9. The van der Waals surface area contributed by atoms with Crippen LogP contribution in [0.4, 0.5) is 0 Å². The molecule has 0 bridgehead atoms. The number of halogens is 1. The lowest BCUT2D eigenvalue weighted by atomic mass is 10.1. The third kappa shape index (κ3) is 4.21. The van der Waals surface area contributed by atoms with E-state index < -0.39 is 5.91 Å². The van der Waals surface area contributed by atoms with E-state index in [9.17, 15) is 4.79 Å². The van der Waals surface area contributed by atoms with Gasteiger partial charge in [0, 0.05) is 11.1 Å². The summed E-state index contributed by atoms with van der Waals surface area (Å²) < 4.78 is 6.68. The first-order valence-electron chi connectivity index (χ1n) is 8.98. The van der Waals surface area contributed by atoms with E-state index in [1.54, 1.807) is 11.0 Å². The lowest BCUT2D eigenvalue weighted by Crippen LogP contribution is -2.35. The highest BCUT2D eigenvalue weighted by Gasteiger charge is 2.32. The van der Waals surface area contributed by atoms with Gasteiger partial charge in [-0.05, 0) is 59.1 Å². The number of allylic oxidation sites excluding steroid dienone is 1. The van der Waals surface area contributed by atoms with Crippen LogP contribution in [0.5, 0.6) is 5.75 Å². The van der Waals surface area contributed by atoms with Crippen molar-refractivity contribution in [2.45, 2.75) is 20.5 Å². The van der Waals surface area contributed by atoms with Gasteiger partial charge in [0.05, 0.1) is 10.0 Å². The number of nitrogens with one attached hydrogen (secondary N) is 1. The topological polar surface area (TPSA) is 65.8 Å². The van der Waals surface area contributed by atoms with Crippen molar-refractivity contribution < 1.29 is 9.53 Å². The molecule has 2 aromatic rings. The standard InChI is InChI=1S/C22H18BrN3O2S/c1-13-3-5-15(6-4-13)12-28-19-8-7-16(10-18(19)23)9-17-20(24)26-11-14(2)29-22(26)25-21(17)27/h3-11,24H,12H2,1-2H3/b17-9-,24-20?. The number of thioether (sulfide) groups is 1. The van der Waals surface area contributed by atoms with Gasteiger partial charge in [-0.2, -0.15) is 4.99 Å². The molecule has 2 aliphatic heterocycles. The molecule has 2 heterocycles. The van der Waals surface area contributed by atoms with Crippen LogP contribution in [0.2, 0.25) is 0 Å². The van der Waals surface area contributed by atoms with E-state index in [1.165, 1.54) is 17.3 Å². The van der Waals surface area contributed by atoms with Crippen molar-refractivity contribution in [1.82, 2.24) is 4.90 Å². The number of hydrogen-bond donors (Lipinski definition) is 1. The molecule has 2 aliphatic rings. The molecule has 0 saturated heterocycles. The van der Waals surface area contributed by atoms with Crippen LogP contribution in [0.15, 0.2) is 68.6 Å². The minimum Gasteiger partial charge on any atom is -0.488 e. The summed E-state index contributed by atoms with van der Waals surface area (Å²) in [6.07, 6.45) is 3.51. The van der Waals surface area contributed by atoms with Gasteiger partial charge in [0.2, 0.25) is 0 Å². The number of carbonyl (C=O) groups excluding carboxylic acids is 1. The molecule has 2 aromatic carbocycles. The first-order valence-corrected chi connectivity index (χ1v) is 10.6. The van der Waals surface area contributed by atoms with Crippen molar-refractivity contribution in [2.24, 2.45) is 4.99 Å². The van der Waals surface area contributed by atoms with Gasteiger partial charge >= 0.3 is 0 Å². The zero-order valence-electron chi connectivity index (χ0n) is 15.9. The molecule has 7 heteroatoms. The molecule has 1 amide bonds. The van der Waals surface area contributed by atoms with Crippen molar-refractivity contribution in [3.63, 3.8) is 0 Å². The fraction of sp³-hybridized carbons (Fsp3) is 0.136. The van der Waals surface area contributed by atoms with E-state index in [0.717, 1.165) is 20.5 Å². The fourth-order valence-electron chi connectivity index (χ4n) is 2.94. The van der Waals surface area contributed by atoms with E-state index in [0.29, 0.717) is 17.5 Å². The molecular formula is C22H18BrN3O2S. The summed E-state index contributed by atoms with van der Waals surface area (Å²) >= 11 is 4.93. The molecule has 0 fully saturated rings. The van der Waals surface area contributed by atoms with Crippen molar-refractivity contribution >= 4 is 50.7 Å². The highest BCUT2D eigenvalue weighted by atomic mass is 79.9. The van der Waals surface area contributed by atoms with Crippen LogP contribution in [0.25, 0.3) is 6.08 Å². The maximum Gasteiger partial charge on any atom is 0.283 e. The average Bonchev–Trinajstić information content (AvgIpc) is 3.06. The van der Waals surface area contributed by atoms with E-state index in [2.05, 4.69) is 40.0 Å². The summed E-state index contributed by atoms with van der Waals surface area (Å²) in [4.78, 5) is 19.1. The number of fused-ring (bicyclic) bond motifs is 1. The van der Waals surface area contributed by atoms with Gasteiger partial charge in [0.15, 0.2) is 5.17 Å². The van der Waals surface area contributed by atoms with Crippen LogP contribution in [0.1, 0.15) is 23.6 Å². The molecule has 0 unspecified atom stereocenters. The highest BCUT2D eigenvalue weighted by Crippen LogP contribution is 2.33. The van der Waals surface area contributed by atoms with Crippen molar-refractivity contribution in [2.75, 3.05) is 0 Å². The molecule has 5 nitrogen and oxygen atoms in total. The second kappa shape index (κ2) is 8.00. The number of aryl methyl sites for hydroxylation is 1. The average molecular weight is 468 g/mol. The van der Waals surface area contributed by atoms with E-state index in [-0.39, 0.29) is 11.4 Å². The first kappa shape index (κ1) is 19.7. The largest absolute Gasteiger partial charge is 0.488 e. The minimum absolute atomic E-state index is 0.139. The molecule has 146 valence electrons. The second-order valence-corrected chi connectivity index (χ2v) is 8.85. The summed E-state index contributed by atoms with van der Waals surface area (Å²) in [6.45, 7) is 4.45. The Morgan fingerprint density at radius 3 is 2.69 bits per heavy atom. The quantitative estimate of drug-likeness (QED) is 0.602. The molecule has 0 saturated carbocycles. The summed E-state index contributed by atoms with van der Waals surface area (Å²) in [7, 11) is 0. The highest BCUT2D eigenvalue weighted by molar-refractivity contribution is 9.10. The third-order valence-corrected chi connectivity index (χ3v) is 5.99. The minimum atomic E-state index is -0.396. The van der Waals surface area contributed by atoms with Crippen molar-refractivity contribution in [1.29, 1.82) is 5.41 Å². The van der Waals surface area contributed by atoms with E-state index in [1.807, 2.05) is 43.5 Å². The number of aliphatic imine (C=N–C) groups is 1. The second-order valence-electron chi connectivity index (χ2n) is 6.78. The SMILES string of the molecule is CC1=CN2C(=N)/C(=C/c3ccc(OCc4ccc(C)cc4)c(Br)c3)C(=O)N=C2S1. The maximum absolute atomic E-state index is 12.4. The number of hydrogen-bond acceptors (Lipinski definition) is 4. The van der Waals surface area contributed by atoms with Gasteiger partial charge in [-0.1, -0.05) is 47.7 Å². The Morgan fingerprint density at radius 2 is 1.97 bits per heavy atom. The molecule has 29 heavy (non-hydrogen) atoms. The summed E-state index contributed by atoms with van der Waals surface area (Å²) in [5, 5.41) is 8.91. The molecule has 1 N–H and O–H groups in total. The van der Waals surface area contributed by atoms with Crippen LogP contribution in [-0.2, 0) is 11.4 Å². The van der Waals surface area contributed by atoms with E-state index >= 15 is 0 Å². The lowest BCUT2D eigenvalue weighted by Gasteiger charge is -2.22. The Morgan fingerprint density at radius 1 is 1.21 bits per heavy atom. The Bertz CT molecular complexity index is 1100. The Labute approximate surface area is 181 Å². The third-order valence-electron chi connectivity index (χ3n) is 4.47. The Balaban J connectivity index is 1.52. The van der Waals surface area contributed by atoms with Crippen molar-refractivity contribution in [3.8, 4) is 5.75 Å². The normalized spacial score (nSPS) is 17.3. The molecule has 0 aliphatic carbocycles. The monoisotopic (exact) mass is 467 g/mol. The number of amides is 1. The lowest BCUT2D eigenvalue weighted by molar-refractivity contribution is -0.114. The van der Waals surface area contributed by atoms with Crippen molar-refractivity contribution in [3.05, 3.63) is 80.3 Å². The summed E-state index contributed by atoms with van der Waals surface area (Å²) in [6, 6.07) is 13.8. The smallest absolute Gasteiger partial charge is 0.283 e. The van der Waals surface area contributed by atoms with Gasteiger partial charge in [0.1, 0.15) is 18.2 Å². The molecule has 0 atom stereocenters. The fourth-order valence-corrected chi connectivity index (χ4v) is 4.27. The molecular weight excluding hydrogens is 450 g/mol. The molecule has 0 spiro atoms. The number of amidine groups is 2. The number of rotatable bonds is 4. The van der Waals surface area contributed by atoms with E-state index in [4.69, 9.17) is 10.1 Å². The predicted octanol–water partition coefficient (Wildman–Crippen LogP) is 5.50. The van der Waals surface area contributed by atoms with Crippen LogP contribution < -0.4 is 4.74 Å². The number of nitrogens with zero attached hydrogens (tertiary/aromatic N) is 2. The molecule has 0 aromatic heterocycles. The number of carbonyl (C=O) groups is 1. The van der Waals surface area contributed by atoms with Gasteiger partial charge in [0.25, 0.3) is 5.91 Å². The maximum atomic E-state index is 12.4. The van der Waals surface area contributed by atoms with Crippen LogP contribution in [-0.4, -0.2) is 21.8 Å². The predicted molar refractivity (Wildman–Crippen MR) is 121 cm³/mol.